The molecule has 0 saturated heterocycles. The number of carbonyl (C=O) groups excluding carboxylic acids is 1. The van der Waals surface area contributed by atoms with Gasteiger partial charge in [0.25, 0.3) is 5.56 Å². The van der Waals surface area contributed by atoms with E-state index >= 15 is 0 Å². The second-order valence-electron chi connectivity index (χ2n) is 7.18. The second-order valence-corrected chi connectivity index (χ2v) is 7.18. The third-order valence-corrected chi connectivity index (χ3v) is 5.47. The van der Waals surface area contributed by atoms with E-state index < -0.39 is 5.69 Å². The van der Waals surface area contributed by atoms with Crippen LogP contribution in [0.4, 0.5) is 0 Å². The molecule has 1 aliphatic carbocycles. The molecule has 0 atom stereocenters. The van der Waals surface area contributed by atoms with Gasteiger partial charge >= 0.3 is 5.69 Å². The maximum Gasteiger partial charge on any atom is 0.325 e. The highest BCUT2D eigenvalue weighted by atomic mass is 16.2. The minimum atomic E-state index is -0.502. The maximum atomic E-state index is 12.6. The molecule has 2 aromatic rings. The third kappa shape index (κ3) is 3.10. The van der Waals surface area contributed by atoms with Gasteiger partial charge in [0, 0.05) is 24.3 Å². The number of fused-ring (bicyclic) bond motifs is 1. The van der Waals surface area contributed by atoms with E-state index in [0.717, 1.165) is 24.8 Å². The molecule has 3 N–H and O–H groups in total. The Balaban J connectivity index is 1.44. The second kappa shape index (κ2) is 6.57. The van der Waals surface area contributed by atoms with Gasteiger partial charge < -0.3 is 10.3 Å². The van der Waals surface area contributed by atoms with Gasteiger partial charge in [0.15, 0.2) is 0 Å². The fraction of sp³-hybridized carbons (Fsp3) is 0.421. The van der Waals surface area contributed by atoms with Gasteiger partial charge in [-0.15, -0.1) is 0 Å². The first-order valence-electron chi connectivity index (χ1n) is 8.99. The third-order valence-electron chi connectivity index (χ3n) is 5.47. The highest BCUT2D eigenvalue weighted by Gasteiger charge is 2.40. The Morgan fingerprint density at radius 1 is 1.15 bits per heavy atom. The number of benzene rings is 1. The van der Waals surface area contributed by atoms with E-state index in [4.69, 9.17) is 0 Å². The Morgan fingerprint density at radius 2 is 1.92 bits per heavy atom. The Kier molecular flexibility index (Phi) is 4.24. The van der Waals surface area contributed by atoms with E-state index in [-0.39, 0.29) is 23.6 Å². The topological polar surface area (TPSA) is 98.1 Å². The van der Waals surface area contributed by atoms with E-state index in [2.05, 4.69) is 27.4 Å². The van der Waals surface area contributed by atoms with Crippen LogP contribution < -0.4 is 16.6 Å². The standard InChI is InChI=1S/C19H22N4O3/c24-16(22-19(8-4-9-19)13-5-2-1-3-6-13)12-23-10-7-14-15(11-23)20-18(26)21-17(14)25/h1-3,5-6H,4,7-12H2,(H,22,24)(H2,20,21,25,26). The van der Waals surface area contributed by atoms with Crippen molar-refractivity contribution in [2.75, 3.05) is 13.1 Å². The Bertz CT molecular complexity index is 928. The molecule has 0 radical (unpaired) electrons. The predicted molar refractivity (Wildman–Crippen MR) is 96.8 cm³/mol. The van der Waals surface area contributed by atoms with Crippen LogP contribution >= 0.6 is 0 Å². The summed E-state index contributed by atoms with van der Waals surface area (Å²) in [5, 5.41) is 3.22. The van der Waals surface area contributed by atoms with Crippen LogP contribution in [-0.4, -0.2) is 33.9 Å². The maximum absolute atomic E-state index is 12.6. The largest absolute Gasteiger partial charge is 0.345 e. The summed E-state index contributed by atoms with van der Waals surface area (Å²) in [5.41, 5.74) is 1.29. The number of nitrogens with one attached hydrogen (secondary N) is 3. The monoisotopic (exact) mass is 354 g/mol. The first kappa shape index (κ1) is 16.8. The lowest BCUT2D eigenvalue weighted by atomic mass is 9.72. The van der Waals surface area contributed by atoms with Gasteiger partial charge in [-0.25, -0.2) is 4.79 Å². The number of hydrogen-bond acceptors (Lipinski definition) is 4. The van der Waals surface area contributed by atoms with Crippen LogP contribution in [0.2, 0.25) is 0 Å². The summed E-state index contributed by atoms with van der Waals surface area (Å²) in [5.74, 6) is -0.0239. The molecule has 1 aliphatic heterocycles. The number of aromatic amines is 2. The molecule has 26 heavy (non-hydrogen) atoms. The molecule has 7 nitrogen and oxygen atoms in total. The lowest BCUT2D eigenvalue weighted by Crippen LogP contribution is -2.53. The number of hydrogen-bond donors (Lipinski definition) is 3. The van der Waals surface area contributed by atoms with E-state index in [9.17, 15) is 14.4 Å². The number of amides is 1. The average molecular weight is 354 g/mol. The fourth-order valence-electron chi connectivity index (χ4n) is 3.95. The van der Waals surface area contributed by atoms with E-state index in [1.807, 2.05) is 23.1 Å². The molecule has 1 aromatic carbocycles. The molecule has 1 amide bonds. The molecular formula is C19H22N4O3. The fourth-order valence-corrected chi connectivity index (χ4v) is 3.95. The minimum absolute atomic E-state index is 0.0239. The van der Waals surface area contributed by atoms with Crippen molar-refractivity contribution in [2.45, 2.75) is 37.8 Å². The molecule has 0 unspecified atom stereocenters. The Labute approximate surface area is 150 Å². The first-order valence-corrected chi connectivity index (χ1v) is 8.99. The van der Waals surface area contributed by atoms with Crippen molar-refractivity contribution >= 4 is 5.91 Å². The first-order chi connectivity index (χ1) is 12.6. The molecule has 2 aliphatic rings. The summed E-state index contributed by atoms with van der Waals surface area (Å²) in [4.78, 5) is 42.9. The van der Waals surface area contributed by atoms with Gasteiger partial charge in [0.2, 0.25) is 5.91 Å². The lowest BCUT2D eigenvalue weighted by Gasteiger charge is -2.43. The van der Waals surface area contributed by atoms with Gasteiger partial charge in [-0.3, -0.25) is 19.5 Å². The Morgan fingerprint density at radius 3 is 2.62 bits per heavy atom. The molecule has 1 fully saturated rings. The van der Waals surface area contributed by atoms with E-state index in [1.165, 1.54) is 0 Å². The number of aromatic nitrogens is 2. The van der Waals surface area contributed by atoms with Crippen molar-refractivity contribution in [3.05, 3.63) is 68.0 Å². The van der Waals surface area contributed by atoms with Crippen LogP contribution in [0.25, 0.3) is 0 Å². The summed E-state index contributed by atoms with van der Waals surface area (Å²) >= 11 is 0. The molecule has 2 heterocycles. The van der Waals surface area contributed by atoms with Crippen molar-refractivity contribution in [3.63, 3.8) is 0 Å². The minimum Gasteiger partial charge on any atom is -0.345 e. The lowest BCUT2D eigenvalue weighted by molar-refractivity contribution is -0.125. The van der Waals surface area contributed by atoms with Crippen LogP contribution in [0, 0.1) is 0 Å². The molecule has 1 aromatic heterocycles. The van der Waals surface area contributed by atoms with Crippen LogP contribution in [0.5, 0.6) is 0 Å². The zero-order chi connectivity index (χ0) is 18.1. The molecular weight excluding hydrogens is 332 g/mol. The van der Waals surface area contributed by atoms with Crippen molar-refractivity contribution in [1.29, 1.82) is 0 Å². The van der Waals surface area contributed by atoms with Gasteiger partial charge in [-0.1, -0.05) is 30.3 Å². The van der Waals surface area contributed by atoms with Crippen molar-refractivity contribution in [1.82, 2.24) is 20.2 Å². The Hall–Kier alpha value is -2.67. The summed E-state index contributed by atoms with van der Waals surface area (Å²) in [7, 11) is 0. The molecule has 1 saturated carbocycles. The zero-order valence-electron chi connectivity index (χ0n) is 14.5. The summed E-state index contributed by atoms with van der Waals surface area (Å²) in [6.07, 6.45) is 3.54. The number of nitrogens with zero attached hydrogens (tertiary/aromatic N) is 1. The van der Waals surface area contributed by atoms with Gasteiger partial charge in [-0.2, -0.15) is 0 Å². The van der Waals surface area contributed by atoms with Crippen LogP contribution in [0.1, 0.15) is 36.1 Å². The quantitative estimate of drug-likeness (QED) is 0.750. The zero-order valence-corrected chi connectivity index (χ0v) is 14.5. The molecule has 0 bridgehead atoms. The highest BCUT2D eigenvalue weighted by molar-refractivity contribution is 5.79. The van der Waals surface area contributed by atoms with Crippen molar-refractivity contribution < 1.29 is 4.79 Å². The summed E-state index contributed by atoms with van der Waals surface area (Å²) in [6.45, 7) is 1.27. The van der Waals surface area contributed by atoms with E-state index in [1.54, 1.807) is 0 Å². The van der Waals surface area contributed by atoms with Crippen molar-refractivity contribution in [3.8, 4) is 0 Å². The van der Waals surface area contributed by atoms with Gasteiger partial charge in [-0.05, 0) is 31.2 Å². The number of rotatable bonds is 4. The van der Waals surface area contributed by atoms with Crippen LogP contribution in [-0.2, 0) is 23.3 Å². The molecule has 136 valence electrons. The number of carbonyl (C=O) groups is 1. The predicted octanol–water partition coefficient (Wildman–Crippen LogP) is 0.617. The summed E-state index contributed by atoms with van der Waals surface area (Å²) in [6, 6.07) is 10.1. The molecule has 7 heteroatoms. The number of H-pyrrole nitrogens is 2. The smallest absolute Gasteiger partial charge is 0.325 e. The van der Waals surface area contributed by atoms with E-state index in [0.29, 0.717) is 30.8 Å². The van der Waals surface area contributed by atoms with Gasteiger partial charge in [0.1, 0.15) is 0 Å². The molecule has 4 rings (SSSR count). The van der Waals surface area contributed by atoms with Gasteiger partial charge in [0.05, 0.1) is 12.1 Å². The average Bonchev–Trinajstić information content (AvgIpc) is 2.58. The SMILES string of the molecule is O=C(CN1CCc2c([nH]c(=O)[nH]c2=O)C1)NC1(c2ccccc2)CCC1. The van der Waals surface area contributed by atoms with Crippen LogP contribution in [0.15, 0.2) is 39.9 Å². The van der Waals surface area contributed by atoms with Crippen molar-refractivity contribution in [2.24, 2.45) is 0 Å². The molecule has 0 spiro atoms. The summed E-state index contributed by atoms with van der Waals surface area (Å²) < 4.78 is 0. The van der Waals surface area contributed by atoms with Crippen LogP contribution in [0.3, 0.4) is 0 Å². The normalized spacial score (nSPS) is 18.6. The highest BCUT2D eigenvalue weighted by Crippen LogP contribution is 2.41.